The third-order valence-corrected chi connectivity index (χ3v) is 4.77. The van der Waals surface area contributed by atoms with Crippen molar-refractivity contribution < 1.29 is 14.3 Å². The molecule has 0 fully saturated rings. The molecule has 2 aromatic carbocycles. The van der Waals surface area contributed by atoms with Gasteiger partial charge in [0.2, 0.25) is 0 Å². The summed E-state index contributed by atoms with van der Waals surface area (Å²) in [5.74, 6) is 1.80. The van der Waals surface area contributed by atoms with E-state index in [0.29, 0.717) is 11.7 Å². The molecule has 0 amide bonds. The summed E-state index contributed by atoms with van der Waals surface area (Å²) in [4.78, 5) is 11.8. The Labute approximate surface area is 136 Å². The van der Waals surface area contributed by atoms with E-state index in [9.17, 15) is 4.79 Å². The molecule has 0 saturated heterocycles. The average molecular weight is 310 g/mol. The van der Waals surface area contributed by atoms with Gasteiger partial charge in [-0.15, -0.1) is 0 Å². The molecular formula is C20H22O3. The fourth-order valence-electron chi connectivity index (χ4n) is 3.54. The van der Waals surface area contributed by atoms with Gasteiger partial charge in [-0.25, -0.2) is 4.79 Å². The molecule has 0 radical (unpaired) electrons. The highest BCUT2D eigenvalue weighted by molar-refractivity contribution is 5.98. The van der Waals surface area contributed by atoms with Crippen LogP contribution >= 0.6 is 0 Å². The van der Waals surface area contributed by atoms with Gasteiger partial charge in [-0.2, -0.15) is 0 Å². The first kappa shape index (κ1) is 15.6. The van der Waals surface area contributed by atoms with Gasteiger partial charge in [-0.05, 0) is 25.2 Å². The zero-order valence-corrected chi connectivity index (χ0v) is 13.7. The Bertz CT molecular complexity index is 761. The largest absolute Gasteiger partial charge is 0.496 e. The molecule has 3 heteroatoms. The van der Waals surface area contributed by atoms with Crippen molar-refractivity contribution in [1.82, 2.24) is 0 Å². The second-order valence-electron chi connectivity index (χ2n) is 6.01. The molecule has 1 aliphatic rings. The van der Waals surface area contributed by atoms with Crippen molar-refractivity contribution in [2.24, 2.45) is 5.92 Å². The molecule has 1 atom stereocenters. The van der Waals surface area contributed by atoms with E-state index in [1.54, 1.807) is 7.11 Å². The molecule has 0 heterocycles. The number of carbonyl (C=O) groups is 1. The molecule has 0 saturated carbocycles. The lowest BCUT2D eigenvalue weighted by Crippen LogP contribution is -2.17. The minimum absolute atomic E-state index is 0.416. The maximum Gasteiger partial charge on any atom is 0.335 e. The topological polar surface area (TPSA) is 35.5 Å². The number of carbonyl (C=O) groups excluding carboxylic acids is 1. The second kappa shape index (κ2) is 6.45. The Balaban J connectivity index is 2.29. The molecular weight excluding hydrogens is 288 g/mol. The molecule has 0 spiro atoms. The van der Waals surface area contributed by atoms with Crippen LogP contribution in [0.4, 0.5) is 0 Å². The van der Waals surface area contributed by atoms with Crippen LogP contribution in [0.1, 0.15) is 30.9 Å². The quantitative estimate of drug-likeness (QED) is 0.475. The van der Waals surface area contributed by atoms with E-state index >= 15 is 0 Å². The van der Waals surface area contributed by atoms with Crippen molar-refractivity contribution in [2.45, 2.75) is 32.6 Å². The zero-order chi connectivity index (χ0) is 16.4. The number of benzene rings is 2. The predicted molar refractivity (Wildman–Crippen MR) is 92.1 cm³/mol. The normalized spacial score (nSPS) is 16.7. The minimum atomic E-state index is -0.416. The number of esters is 1. The van der Waals surface area contributed by atoms with Crippen LogP contribution in [-0.2, 0) is 17.6 Å². The maximum atomic E-state index is 11.8. The third kappa shape index (κ3) is 2.72. The smallest absolute Gasteiger partial charge is 0.335 e. The minimum Gasteiger partial charge on any atom is -0.496 e. The van der Waals surface area contributed by atoms with Gasteiger partial charge < -0.3 is 9.47 Å². The molecule has 3 rings (SSSR count). The van der Waals surface area contributed by atoms with E-state index in [1.165, 1.54) is 11.6 Å². The number of fused-ring (bicyclic) bond motifs is 2. The van der Waals surface area contributed by atoms with E-state index in [2.05, 4.69) is 13.5 Å². The van der Waals surface area contributed by atoms with Crippen LogP contribution in [-0.4, -0.2) is 13.1 Å². The Morgan fingerprint density at radius 2 is 1.96 bits per heavy atom. The first-order chi connectivity index (χ1) is 11.2. The standard InChI is InChI=1S/C20H22O3/c1-4-13-10-11-16-17(12-13)20(23-18(21)5-2)15-9-7-6-8-14(15)19(16)22-3/h5-9,13H,2,4,10-12H2,1,3H3. The van der Waals surface area contributed by atoms with Crippen LogP contribution in [0, 0.1) is 5.92 Å². The molecule has 0 aromatic heterocycles. The van der Waals surface area contributed by atoms with Crippen molar-refractivity contribution in [3.8, 4) is 11.5 Å². The highest BCUT2D eigenvalue weighted by atomic mass is 16.5. The van der Waals surface area contributed by atoms with Gasteiger partial charge >= 0.3 is 5.97 Å². The summed E-state index contributed by atoms with van der Waals surface area (Å²) in [6.45, 7) is 5.73. The Kier molecular flexibility index (Phi) is 4.37. The molecule has 1 unspecified atom stereocenters. The van der Waals surface area contributed by atoms with Crippen molar-refractivity contribution in [1.29, 1.82) is 0 Å². The van der Waals surface area contributed by atoms with E-state index in [0.717, 1.165) is 47.8 Å². The van der Waals surface area contributed by atoms with E-state index in [4.69, 9.17) is 9.47 Å². The maximum absolute atomic E-state index is 11.8. The molecule has 3 nitrogen and oxygen atoms in total. The fraction of sp³-hybridized carbons (Fsp3) is 0.350. The number of ether oxygens (including phenoxy) is 2. The molecule has 0 N–H and O–H groups in total. The van der Waals surface area contributed by atoms with Crippen LogP contribution < -0.4 is 9.47 Å². The van der Waals surface area contributed by atoms with Crippen LogP contribution in [0.5, 0.6) is 11.5 Å². The Hall–Kier alpha value is -2.29. The molecule has 2 aromatic rings. The van der Waals surface area contributed by atoms with Gasteiger partial charge in [-0.3, -0.25) is 0 Å². The van der Waals surface area contributed by atoms with E-state index < -0.39 is 5.97 Å². The highest BCUT2D eigenvalue weighted by Crippen LogP contribution is 2.45. The lowest BCUT2D eigenvalue weighted by atomic mass is 9.80. The van der Waals surface area contributed by atoms with Crippen molar-refractivity contribution in [3.63, 3.8) is 0 Å². The van der Waals surface area contributed by atoms with Gasteiger partial charge in [0, 0.05) is 28.0 Å². The molecule has 120 valence electrons. The van der Waals surface area contributed by atoms with Crippen LogP contribution in [0.15, 0.2) is 36.9 Å². The van der Waals surface area contributed by atoms with Crippen LogP contribution in [0.3, 0.4) is 0 Å². The number of methoxy groups -OCH3 is 1. The summed E-state index contributed by atoms with van der Waals surface area (Å²) >= 11 is 0. The Morgan fingerprint density at radius 3 is 2.57 bits per heavy atom. The van der Waals surface area contributed by atoms with Crippen molar-refractivity contribution >= 4 is 16.7 Å². The summed E-state index contributed by atoms with van der Waals surface area (Å²) in [6, 6.07) is 7.94. The SMILES string of the molecule is C=CC(=O)Oc1c2c(c(OC)c3ccccc13)CCC(CC)C2. The number of rotatable bonds is 4. The van der Waals surface area contributed by atoms with Crippen molar-refractivity contribution in [3.05, 3.63) is 48.0 Å². The van der Waals surface area contributed by atoms with E-state index in [-0.39, 0.29) is 0 Å². The summed E-state index contributed by atoms with van der Waals surface area (Å²) in [6.07, 6.45) is 5.37. The van der Waals surface area contributed by atoms with Crippen LogP contribution in [0.2, 0.25) is 0 Å². The summed E-state index contributed by atoms with van der Waals surface area (Å²) in [5, 5.41) is 1.92. The lowest BCUT2D eigenvalue weighted by Gasteiger charge is -2.28. The lowest BCUT2D eigenvalue weighted by molar-refractivity contribution is -0.128. The monoisotopic (exact) mass is 310 g/mol. The summed E-state index contributed by atoms with van der Waals surface area (Å²) < 4.78 is 11.4. The second-order valence-corrected chi connectivity index (χ2v) is 6.01. The van der Waals surface area contributed by atoms with Gasteiger partial charge in [0.15, 0.2) is 0 Å². The summed E-state index contributed by atoms with van der Waals surface area (Å²) in [7, 11) is 1.71. The fourth-order valence-corrected chi connectivity index (χ4v) is 3.54. The predicted octanol–water partition coefficient (Wildman–Crippen LogP) is 4.45. The molecule has 23 heavy (non-hydrogen) atoms. The molecule has 0 bridgehead atoms. The van der Waals surface area contributed by atoms with E-state index in [1.807, 2.05) is 24.3 Å². The van der Waals surface area contributed by atoms with Gasteiger partial charge in [0.25, 0.3) is 0 Å². The van der Waals surface area contributed by atoms with Gasteiger partial charge in [0.05, 0.1) is 7.11 Å². The third-order valence-electron chi connectivity index (χ3n) is 4.77. The van der Waals surface area contributed by atoms with Crippen molar-refractivity contribution in [2.75, 3.05) is 7.11 Å². The number of hydrogen-bond donors (Lipinski definition) is 0. The van der Waals surface area contributed by atoms with Crippen LogP contribution in [0.25, 0.3) is 10.8 Å². The summed E-state index contributed by atoms with van der Waals surface area (Å²) in [5.41, 5.74) is 2.30. The molecule has 0 aliphatic heterocycles. The Morgan fingerprint density at radius 1 is 1.26 bits per heavy atom. The molecule has 1 aliphatic carbocycles. The zero-order valence-electron chi connectivity index (χ0n) is 13.7. The first-order valence-electron chi connectivity index (χ1n) is 8.14. The average Bonchev–Trinajstić information content (AvgIpc) is 2.61. The highest BCUT2D eigenvalue weighted by Gasteiger charge is 2.27. The van der Waals surface area contributed by atoms with Gasteiger partial charge in [0.1, 0.15) is 11.5 Å². The van der Waals surface area contributed by atoms with Gasteiger partial charge in [-0.1, -0.05) is 44.2 Å². The number of hydrogen-bond acceptors (Lipinski definition) is 3. The first-order valence-corrected chi connectivity index (χ1v) is 8.14.